The lowest BCUT2D eigenvalue weighted by molar-refractivity contribution is -0.137. The predicted octanol–water partition coefficient (Wildman–Crippen LogP) is 6.49. The van der Waals surface area contributed by atoms with Gasteiger partial charge in [-0.2, -0.15) is 18.4 Å². The van der Waals surface area contributed by atoms with Crippen LogP contribution in [-0.2, 0) is 11.0 Å². The Bertz CT molecular complexity index is 1200. The van der Waals surface area contributed by atoms with Crippen LogP contribution in [0.2, 0.25) is 5.02 Å². The fourth-order valence-corrected chi connectivity index (χ4v) is 5.75. The molecule has 0 saturated heterocycles. The van der Waals surface area contributed by atoms with E-state index in [1.807, 2.05) is 11.4 Å². The van der Waals surface area contributed by atoms with E-state index in [0.29, 0.717) is 30.5 Å². The third-order valence-electron chi connectivity index (χ3n) is 5.30. The van der Waals surface area contributed by atoms with E-state index in [9.17, 15) is 23.2 Å². The summed E-state index contributed by atoms with van der Waals surface area (Å²) >= 11 is 11.0. The number of halogens is 5. The van der Waals surface area contributed by atoms with Crippen LogP contribution < -0.4 is 10.6 Å². The molecule has 0 unspecified atom stereocenters. The first-order valence-electron chi connectivity index (χ1n) is 9.20. The summed E-state index contributed by atoms with van der Waals surface area (Å²) in [7, 11) is 0. The summed E-state index contributed by atoms with van der Waals surface area (Å²) in [4.78, 5) is 15.1. The average molecular weight is 529 g/mol. The molecular formula is C21H14BrClF3N3OS. The number of alkyl halides is 3. The molecule has 160 valence electrons. The molecule has 2 aromatic rings. The zero-order valence-electron chi connectivity index (χ0n) is 15.8. The molecule has 1 aliphatic heterocycles. The van der Waals surface area contributed by atoms with E-state index in [-0.39, 0.29) is 27.9 Å². The van der Waals surface area contributed by atoms with Crippen LogP contribution in [0.1, 0.15) is 35.6 Å². The van der Waals surface area contributed by atoms with Crippen LogP contribution in [0.25, 0.3) is 0 Å². The number of carbonyl (C=O) groups is 1. The number of Topliss-reactive ketones (excluding diaryl/α,β-unsaturated/α-hetero) is 1. The zero-order valence-corrected chi connectivity index (χ0v) is 18.9. The van der Waals surface area contributed by atoms with E-state index in [0.717, 1.165) is 27.5 Å². The van der Waals surface area contributed by atoms with Crippen molar-refractivity contribution in [2.75, 3.05) is 4.90 Å². The number of allylic oxidation sites excluding steroid dienone is 3. The van der Waals surface area contributed by atoms with Crippen LogP contribution >= 0.6 is 38.9 Å². The Morgan fingerprint density at radius 1 is 1.29 bits per heavy atom. The standard InChI is InChI=1S/C21H14BrClF3N3OS/c22-11-7-17(31-9-11)18-12(8-27)20(28)29(14-2-1-3-16(30)19(14)18)15-6-10(21(24,25)26)4-5-13(15)23/h4-7,9,18H,1-3,28H2/t18-/m0/s1. The molecule has 2 heterocycles. The number of hydrogen-bond acceptors (Lipinski definition) is 5. The van der Waals surface area contributed by atoms with Gasteiger partial charge in [-0.15, -0.1) is 11.3 Å². The van der Waals surface area contributed by atoms with Crippen LogP contribution in [-0.4, -0.2) is 5.78 Å². The largest absolute Gasteiger partial charge is 0.416 e. The fraction of sp³-hybridized carbons (Fsp3) is 0.238. The molecule has 0 amide bonds. The van der Waals surface area contributed by atoms with Crippen molar-refractivity contribution in [1.29, 1.82) is 5.26 Å². The zero-order chi connectivity index (χ0) is 22.5. The number of thiophene rings is 1. The van der Waals surface area contributed by atoms with Crippen molar-refractivity contribution in [2.45, 2.75) is 31.4 Å². The number of anilines is 1. The molecule has 0 saturated carbocycles. The van der Waals surface area contributed by atoms with Crippen molar-refractivity contribution in [3.63, 3.8) is 0 Å². The number of ketones is 1. The lowest BCUT2D eigenvalue weighted by Gasteiger charge is -2.39. The van der Waals surface area contributed by atoms with Gasteiger partial charge in [0.1, 0.15) is 5.82 Å². The highest BCUT2D eigenvalue weighted by Crippen LogP contribution is 2.49. The van der Waals surface area contributed by atoms with Crippen LogP contribution in [0.5, 0.6) is 0 Å². The van der Waals surface area contributed by atoms with Gasteiger partial charge < -0.3 is 5.73 Å². The smallest absolute Gasteiger partial charge is 0.384 e. The minimum Gasteiger partial charge on any atom is -0.384 e. The lowest BCUT2D eigenvalue weighted by Crippen LogP contribution is -2.38. The monoisotopic (exact) mass is 527 g/mol. The van der Waals surface area contributed by atoms with Crippen molar-refractivity contribution >= 4 is 50.3 Å². The minimum atomic E-state index is -4.59. The molecule has 0 bridgehead atoms. The molecule has 2 aliphatic rings. The molecule has 4 rings (SSSR count). The quantitative estimate of drug-likeness (QED) is 0.484. The number of nitrogens with zero attached hydrogens (tertiary/aromatic N) is 2. The van der Waals surface area contributed by atoms with Gasteiger partial charge in [-0.3, -0.25) is 9.69 Å². The molecule has 0 spiro atoms. The lowest BCUT2D eigenvalue weighted by atomic mass is 9.78. The first-order valence-corrected chi connectivity index (χ1v) is 11.2. The number of hydrogen-bond donors (Lipinski definition) is 1. The topological polar surface area (TPSA) is 70.1 Å². The van der Waals surface area contributed by atoms with Crippen LogP contribution in [0.3, 0.4) is 0 Å². The third kappa shape index (κ3) is 3.77. The molecule has 1 aromatic carbocycles. The maximum atomic E-state index is 13.4. The van der Waals surface area contributed by atoms with Gasteiger partial charge in [0.15, 0.2) is 5.78 Å². The van der Waals surface area contributed by atoms with Crippen LogP contribution in [0.15, 0.2) is 56.8 Å². The Hall–Kier alpha value is -2.28. The van der Waals surface area contributed by atoms with Gasteiger partial charge in [0.25, 0.3) is 0 Å². The molecule has 1 atom stereocenters. The van der Waals surface area contributed by atoms with E-state index < -0.39 is 17.7 Å². The Morgan fingerprint density at radius 3 is 2.65 bits per heavy atom. The van der Waals surface area contributed by atoms with Gasteiger partial charge in [-0.25, -0.2) is 0 Å². The Morgan fingerprint density at radius 2 is 2.03 bits per heavy atom. The molecule has 1 aromatic heterocycles. The van der Waals surface area contributed by atoms with Crippen molar-refractivity contribution in [3.05, 3.63) is 72.2 Å². The van der Waals surface area contributed by atoms with E-state index in [1.165, 1.54) is 16.2 Å². The number of benzene rings is 1. The number of rotatable bonds is 2. The van der Waals surface area contributed by atoms with Gasteiger partial charge in [0.05, 0.1) is 33.8 Å². The van der Waals surface area contributed by atoms with Gasteiger partial charge in [0.2, 0.25) is 0 Å². The second-order valence-corrected chi connectivity index (χ2v) is 9.41. The highest BCUT2D eigenvalue weighted by molar-refractivity contribution is 9.10. The first kappa shape index (κ1) is 21.9. The fourth-order valence-electron chi connectivity index (χ4n) is 3.99. The second kappa shape index (κ2) is 8.01. The van der Waals surface area contributed by atoms with Crippen molar-refractivity contribution in [1.82, 2.24) is 0 Å². The van der Waals surface area contributed by atoms with Crippen LogP contribution in [0.4, 0.5) is 18.9 Å². The Balaban J connectivity index is 1.99. The SMILES string of the molecule is N#CC1=C(N)N(c2cc(C(F)(F)F)ccc2Cl)C2=C(C(=O)CCC2)[C@@H]1c1cc(Br)cs1. The second-order valence-electron chi connectivity index (χ2n) is 7.15. The predicted molar refractivity (Wildman–Crippen MR) is 116 cm³/mol. The molecule has 10 heteroatoms. The van der Waals surface area contributed by atoms with Gasteiger partial charge >= 0.3 is 6.18 Å². The van der Waals surface area contributed by atoms with Crippen molar-refractivity contribution < 1.29 is 18.0 Å². The van der Waals surface area contributed by atoms with E-state index in [1.54, 1.807) is 0 Å². The number of carbonyl (C=O) groups excluding carboxylic acids is 1. The maximum Gasteiger partial charge on any atom is 0.416 e. The molecular weight excluding hydrogens is 515 g/mol. The van der Waals surface area contributed by atoms with Gasteiger partial charge in [-0.05, 0) is 53.0 Å². The molecule has 31 heavy (non-hydrogen) atoms. The summed E-state index contributed by atoms with van der Waals surface area (Å²) < 4.78 is 40.9. The van der Waals surface area contributed by atoms with E-state index in [2.05, 4.69) is 22.0 Å². The highest BCUT2D eigenvalue weighted by Gasteiger charge is 2.42. The first-order chi connectivity index (χ1) is 14.6. The summed E-state index contributed by atoms with van der Waals surface area (Å²) in [6.07, 6.45) is -3.33. The van der Waals surface area contributed by atoms with Crippen molar-refractivity contribution in [2.24, 2.45) is 5.73 Å². The normalized spacial score (nSPS) is 19.5. The summed E-state index contributed by atoms with van der Waals surface area (Å²) in [5.74, 6) is -0.833. The Labute approximate surface area is 193 Å². The summed E-state index contributed by atoms with van der Waals surface area (Å²) in [5.41, 5.74) is 6.46. The van der Waals surface area contributed by atoms with Crippen LogP contribution in [0, 0.1) is 11.3 Å². The molecule has 1 aliphatic carbocycles. The highest BCUT2D eigenvalue weighted by atomic mass is 79.9. The number of nitrogens with two attached hydrogens (primary N) is 1. The van der Waals surface area contributed by atoms with E-state index in [4.69, 9.17) is 17.3 Å². The van der Waals surface area contributed by atoms with Gasteiger partial charge in [0, 0.05) is 32.4 Å². The molecule has 4 nitrogen and oxygen atoms in total. The average Bonchev–Trinajstić information content (AvgIpc) is 3.13. The van der Waals surface area contributed by atoms with Crippen molar-refractivity contribution in [3.8, 4) is 6.07 Å². The Kier molecular flexibility index (Phi) is 5.66. The maximum absolute atomic E-state index is 13.4. The molecule has 0 fully saturated rings. The molecule has 2 N–H and O–H groups in total. The number of nitriles is 1. The minimum absolute atomic E-state index is 0.00486. The third-order valence-corrected chi connectivity index (χ3v) is 7.38. The summed E-state index contributed by atoms with van der Waals surface area (Å²) in [6, 6.07) is 6.83. The summed E-state index contributed by atoms with van der Waals surface area (Å²) in [6.45, 7) is 0. The van der Waals surface area contributed by atoms with E-state index >= 15 is 0 Å². The summed E-state index contributed by atoms with van der Waals surface area (Å²) in [5, 5.41) is 11.8. The molecule has 0 radical (unpaired) electrons. The van der Waals surface area contributed by atoms with Gasteiger partial charge in [-0.1, -0.05) is 11.6 Å².